The third-order valence-electron chi connectivity index (χ3n) is 3.09. The van der Waals surface area contributed by atoms with Crippen LogP contribution < -0.4 is 10.5 Å². The van der Waals surface area contributed by atoms with Gasteiger partial charge in [-0.05, 0) is 25.1 Å². The Morgan fingerprint density at radius 2 is 2.00 bits per heavy atom. The van der Waals surface area contributed by atoms with Crippen LogP contribution in [0.5, 0.6) is 11.6 Å². The van der Waals surface area contributed by atoms with Gasteiger partial charge in [0.05, 0.1) is 11.7 Å². The maximum absolute atomic E-state index is 7.70. The quantitative estimate of drug-likeness (QED) is 0.569. The fourth-order valence-corrected chi connectivity index (χ4v) is 2.06. The Bertz CT molecular complexity index is 812. The van der Waals surface area contributed by atoms with Crippen molar-refractivity contribution in [2.45, 2.75) is 6.92 Å². The zero-order valence-corrected chi connectivity index (χ0v) is 11.5. The molecule has 21 heavy (non-hydrogen) atoms. The summed E-state index contributed by atoms with van der Waals surface area (Å²) in [7, 11) is 0. The van der Waals surface area contributed by atoms with Crippen LogP contribution in [0.1, 0.15) is 11.3 Å². The molecule has 0 unspecified atom stereocenters. The Hall–Kier alpha value is -2.95. The first kappa shape index (κ1) is 13.1. The highest BCUT2D eigenvalue weighted by Gasteiger charge is 2.09. The van der Waals surface area contributed by atoms with E-state index in [0.717, 1.165) is 16.6 Å². The van der Waals surface area contributed by atoms with Gasteiger partial charge >= 0.3 is 0 Å². The van der Waals surface area contributed by atoms with Crippen molar-refractivity contribution in [3.8, 4) is 11.6 Å². The first-order chi connectivity index (χ1) is 10.1. The maximum Gasteiger partial charge on any atom is 0.220 e. The fourth-order valence-electron chi connectivity index (χ4n) is 2.06. The lowest BCUT2D eigenvalue weighted by molar-refractivity contribution is 0.462. The highest BCUT2D eigenvalue weighted by molar-refractivity contribution is 6.06. The van der Waals surface area contributed by atoms with Crippen LogP contribution in [0.4, 0.5) is 0 Å². The second kappa shape index (κ2) is 5.20. The predicted octanol–water partition coefficient (Wildman–Crippen LogP) is 3.01. The summed E-state index contributed by atoms with van der Waals surface area (Å²) in [5.74, 6) is 0.975. The zero-order valence-electron chi connectivity index (χ0n) is 11.5. The number of hydrogen-bond donors (Lipinski definition) is 2. The van der Waals surface area contributed by atoms with Gasteiger partial charge in [-0.3, -0.25) is 10.4 Å². The van der Waals surface area contributed by atoms with Crippen molar-refractivity contribution < 1.29 is 4.74 Å². The van der Waals surface area contributed by atoms with E-state index < -0.39 is 0 Å². The minimum Gasteiger partial charge on any atom is -0.437 e. The molecule has 0 aliphatic carbocycles. The topological polar surface area (TPSA) is 84.9 Å². The number of ether oxygens (including phenoxy) is 1. The molecule has 0 bridgehead atoms. The van der Waals surface area contributed by atoms with Crippen molar-refractivity contribution in [3.63, 3.8) is 0 Å². The number of amidine groups is 1. The van der Waals surface area contributed by atoms with Gasteiger partial charge in [-0.2, -0.15) is 0 Å². The lowest BCUT2D eigenvalue weighted by atomic mass is 10.1. The summed E-state index contributed by atoms with van der Waals surface area (Å²) < 4.78 is 5.71. The second-order valence-electron chi connectivity index (χ2n) is 4.68. The number of aryl methyl sites for hydroxylation is 1. The Kier molecular flexibility index (Phi) is 3.23. The van der Waals surface area contributed by atoms with Crippen molar-refractivity contribution in [1.82, 2.24) is 9.97 Å². The Morgan fingerprint density at radius 3 is 2.71 bits per heavy atom. The number of nitrogens with two attached hydrogens (primary N) is 1. The van der Waals surface area contributed by atoms with Crippen LogP contribution in [0.2, 0.25) is 0 Å². The van der Waals surface area contributed by atoms with Crippen LogP contribution in [-0.2, 0) is 0 Å². The van der Waals surface area contributed by atoms with E-state index >= 15 is 0 Å². The molecule has 2 heterocycles. The number of benzene rings is 1. The summed E-state index contributed by atoms with van der Waals surface area (Å²) >= 11 is 0. The normalized spacial score (nSPS) is 10.5. The van der Waals surface area contributed by atoms with Gasteiger partial charge in [0.1, 0.15) is 11.6 Å². The SMILES string of the molecule is Cc1ccc(Oc2cc(C(=N)N)c3ccccc3n2)cn1. The van der Waals surface area contributed by atoms with Crippen LogP contribution in [0, 0.1) is 12.3 Å². The van der Waals surface area contributed by atoms with Gasteiger partial charge in [-0.25, -0.2) is 4.98 Å². The third kappa shape index (κ3) is 2.67. The summed E-state index contributed by atoms with van der Waals surface area (Å²) in [4.78, 5) is 8.61. The van der Waals surface area contributed by atoms with E-state index in [1.54, 1.807) is 12.3 Å². The molecule has 5 nitrogen and oxygen atoms in total. The van der Waals surface area contributed by atoms with E-state index in [1.165, 1.54) is 0 Å². The van der Waals surface area contributed by atoms with Crippen molar-refractivity contribution >= 4 is 16.7 Å². The summed E-state index contributed by atoms with van der Waals surface area (Å²) in [6, 6.07) is 12.9. The number of rotatable bonds is 3. The standard InChI is InChI=1S/C16H14N4O/c1-10-6-7-11(9-19-10)21-15-8-13(16(17)18)12-4-2-3-5-14(12)20-15/h2-9H,1H3,(H3,17,18). The van der Waals surface area contributed by atoms with Crippen molar-refractivity contribution in [1.29, 1.82) is 5.41 Å². The van der Waals surface area contributed by atoms with Crippen molar-refractivity contribution in [2.24, 2.45) is 5.73 Å². The van der Waals surface area contributed by atoms with E-state index in [1.807, 2.05) is 43.3 Å². The Balaban J connectivity index is 2.06. The molecule has 3 rings (SSSR count). The number of nitrogen functional groups attached to an aromatic ring is 1. The summed E-state index contributed by atoms with van der Waals surface area (Å²) in [6.07, 6.45) is 1.64. The maximum atomic E-state index is 7.70. The molecule has 104 valence electrons. The van der Waals surface area contributed by atoms with Crippen LogP contribution >= 0.6 is 0 Å². The van der Waals surface area contributed by atoms with Gasteiger partial charge < -0.3 is 10.5 Å². The predicted molar refractivity (Wildman–Crippen MR) is 81.8 cm³/mol. The van der Waals surface area contributed by atoms with E-state index in [0.29, 0.717) is 17.2 Å². The summed E-state index contributed by atoms with van der Waals surface area (Å²) in [5.41, 5.74) is 7.91. The molecule has 2 aromatic heterocycles. The number of nitrogens with one attached hydrogen (secondary N) is 1. The molecule has 0 spiro atoms. The van der Waals surface area contributed by atoms with Gasteiger partial charge in [0.15, 0.2) is 0 Å². The van der Waals surface area contributed by atoms with Gasteiger partial charge in [-0.15, -0.1) is 0 Å². The molecule has 0 saturated carbocycles. The molecule has 5 heteroatoms. The molecule has 0 aliphatic heterocycles. The molecule has 0 saturated heterocycles. The van der Waals surface area contributed by atoms with E-state index in [2.05, 4.69) is 9.97 Å². The van der Waals surface area contributed by atoms with E-state index in [-0.39, 0.29) is 5.84 Å². The van der Waals surface area contributed by atoms with E-state index in [9.17, 15) is 0 Å². The molecule has 3 aromatic rings. The first-order valence-corrected chi connectivity index (χ1v) is 6.48. The molecule has 0 atom stereocenters. The number of aromatic nitrogens is 2. The van der Waals surface area contributed by atoms with Crippen molar-refractivity contribution in [3.05, 3.63) is 59.9 Å². The number of fused-ring (bicyclic) bond motifs is 1. The van der Waals surface area contributed by atoms with Gasteiger partial charge in [0, 0.05) is 22.7 Å². The summed E-state index contributed by atoms with van der Waals surface area (Å²) in [6.45, 7) is 1.91. The lowest BCUT2D eigenvalue weighted by Crippen LogP contribution is -2.12. The van der Waals surface area contributed by atoms with Crippen molar-refractivity contribution in [2.75, 3.05) is 0 Å². The smallest absolute Gasteiger partial charge is 0.220 e. The number of hydrogen-bond acceptors (Lipinski definition) is 4. The minimum absolute atomic E-state index is 0.0134. The van der Waals surface area contributed by atoms with E-state index in [4.69, 9.17) is 15.9 Å². The molecule has 0 fully saturated rings. The third-order valence-corrected chi connectivity index (χ3v) is 3.09. The molecule has 3 N–H and O–H groups in total. The Morgan fingerprint density at radius 1 is 1.19 bits per heavy atom. The monoisotopic (exact) mass is 278 g/mol. The number of pyridine rings is 2. The largest absolute Gasteiger partial charge is 0.437 e. The van der Waals surface area contributed by atoms with Gasteiger partial charge in [-0.1, -0.05) is 18.2 Å². The number of nitrogens with zero attached hydrogens (tertiary/aromatic N) is 2. The average molecular weight is 278 g/mol. The van der Waals surface area contributed by atoms with Crippen LogP contribution in [-0.4, -0.2) is 15.8 Å². The molecule has 0 aliphatic rings. The molecular weight excluding hydrogens is 264 g/mol. The highest BCUT2D eigenvalue weighted by atomic mass is 16.5. The first-order valence-electron chi connectivity index (χ1n) is 6.48. The average Bonchev–Trinajstić information content (AvgIpc) is 2.48. The van der Waals surface area contributed by atoms with Crippen LogP contribution in [0.3, 0.4) is 0 Å². The fraction of sp³-hybridized carbons (Fsp3) is 0.0625. The van der Waals surface area contributed by atoms with Crippen LogP contribution in [0.15, 0.2) is 48.7 Å². The van der Waals surface area contributed by atoms with Gasteiger partial charge in [0.2, 0.25) is 5.88 Å². The molecule has 0 amide bonds. The molecule has 1 aromatic carbocycles. The minimum atomic E-state index is -0.0134. The number of para-hydroxylation sites is 1. The van der Waals surface area contributed by atoms with Gasteiger partial charge in [0.25, 0.3) is 0 Å². The highest BCUT2D eigenvalue weighted by Crippen LogP contribution is 2.25. The molecular formula is C16H14N4O. The van der Waals surface area contributed by atoms with Crippen LogP contribution in [0.25, 0.3) is 10.9 Å². The summed E-state index contributed by atoms with van der Waals surface area (Å²) in [5, 5.41) is 8.54. The Labute approximate surface area is 121 Å². The lowest BCUT2D eigenvalue weighted by Gasteiger charge is -2.09. The molecule has 0 radical (unpaired) electrons. The second-order valence-corrected chi connectivity index (χ2v) is 4.68. The zero-order chi connectivity index (χ0) is 14.8.